The molecule has 2 rings (SSSR count). The summed E-state index contributed by atoms with van der Waals surface area (Å²) in [6.07, 6.45) is 2.11. The van der Waals surface area contributed by atoms with Gasteiger partial charge in [-0.15, -0.1) is 0 Å². The number of anilines is 1. The van der Waals surface area contributed by atoms with Crippen LogP contribution in [0, 0.1) is 17.2 Å². The fourth-order valence-corrected chi connectivity index (χ4v) is 2.25. The average molecular weight is 244 g/mol. The minimum atomic E-state index is -0.499. The van der Waals surface area contributed by atoms with Gasteiger partial charge in [-0.3, -0.25) is 0 Å². The molecule has 1 saturated carbocycles. The predicted molar refractivity (Wildman–Crippen MR) is 72.4 cm³/mol. The second-order valence-corrected chi connectivity index (χ2v) is 5.04. The maximum Gasteiger partial charge on any atom is 0.0992 e. The normalized spacial score (nSPS) is 16.1. The molecule has 1 fully saturated rings. The Balaban J connectivity index is 2.34. The second kappa shape index (κ2) is 5.41. The molecule has 1 N–H and O–H groups in total. The van der Waals surface area contributed by atoms with Crippen molar-refractivity contribution in [3.63, 3.8) is 0 Å². The van der Waals surface area contributed by atoms with Crippen molar-refractivity contribution in [2.24, 2.45) is 5.92 Å². The molecule has 0 spiro atoms. The third-order valence-corrected chi connectivity index (χ3v) is 3.51. The van der Waals surface area contributed by atoms with Crippen molar-refractivity contribution in [1.82, 2.24) is 0 Å². The maximum atomic E-state index is 9.85. The van der Waals surface area contributed by atoms with Crippen molar-refractivity contribution in [2.75, 3.05) is 18.0 Å². The van der Waals surface area contributed by atoms with E-state index in [4.69, 9.17) is 5.26 Å². The van der Waals surface area contributed by atoms with Gasteiger partial charge in [-0.25, -0.2) is 0 Å². The Morgan fingerprint density at radius 2 is 2.22 bits per heavy atom. The van der Waals surface area contributed by atoms with E-state index in [2.05, 4.69) is 17.9 Å². The standard InChI is InChI=1S/C15H20N2O/c1-3-17(10-12-4-5-12)15-8-13(9-16)6-7-14(15)11(2)18/h6-8,11-12,18H,3-5,10H2,1-2H3/t11-/m1/s1. The van der Waals surface area contributed by atoms with Crippen molar-refractivity contribution >= 4 is 5.69 Å². The van der Waals surface area contributed by atoms with E-state index in [0.29, 0.717) is 5.56 Å². The summed E-state index contributed by atoms with van der Waals surface area (Å²) in [6, 6.07) is 7.71. The van der Waals surface area contributed by atoms with Crippen LogP contribution in [0.5, 0.6) is 0 Å². The SMILES string of the molecule is CCN(CC1CC1)c1cc(C#N)ccc1[C@@H](C)O. The molecular formula is C15H20N2O. The number of aliphatic hydroxyl groups excluding tert-OH is 1. The number of aliphatic hydroxyl groups is 1. The minimum absolute atomic E-state index is 0.499. The van der Waals surface area contributed by atoms with E-state index in [9.17, 15) is 5.11 Å². The van der Waals surface area contributed by atoms with Gasteiger partial charge in [-0.05, 0) is 44.7 Å². The van der Waals surface area contributed by atoms with Gasteiger partial charge in [0.15, 0.2) is 0 Å². The summed E-state index contributed by atoms with van der Waals surface area (Å²) in [6.45, 7) is 5.83. The Morgan fingerprint density at radius 3 is 2.72 bits per heavy atom. The lowest BCUT2D eigenvalue weighted by Crippen LogP contribution is -2.26. The van der Waals surface area contributed by atoms with E-state index in [1.807, 2.05) is 12.1 Å². The van der Waals surface area contributed by atoms with Gasteiger partial charge in [0.05, 0.1) is 17.7 Å². The maximum absolute atomic E-state index is 9.85. The molecule has 96 valence electrons. The van der Waals surface area contributed by atoms with Crippen LogP contribution in [0.3, 0.4) is 0 Å². The van der Waals surface area contributed by atoms with Crippen LogP contribution in [-0.2, 0) is 0 Å². The van der Waals surface area contributed by atoms with Gasteiger partial charge in [0.1, 0.15) is 0 Å². The fraction of sp³-hybridized carbons (Fsp3) is 0.533. The van der Waals surface area contributed by atoms with Gasteiger partial charge in [0.2, 0.25) is 0 Å². The van der Waals surface area contributed by atoms with Gasteiger partial charge in [-0.1, -0.05) is 6.07 Å². The zero-order valence-electron chi connectivity index (χ0n) is 11.1. The molecule has 0 unspecified atom stereocenters. The second-order valence-electron chi connectivity index (χ2n) is 5.04. The fourth-order valence-electron chi connectivity index (χ4n) is 2.25. The van der Waals surface area contributed by atoms with Gasteiger partial charge in [0.25, 0.3) is 0 Å². The van der Waals surface area contributed by atoms with Crippen LogP contribution in [0.4, 0.5) is 5.69 Å². The van der Waals surface area contributed by atoms with E-state index in [-0.39, 0.29) is 0 Å². The molecule has 1 aromatic carbocycles. The summed E-state index contributed by atoms with van der Waals surface area (Å²) in [5.74, 6) is 0.789. The van der Waals surface area contributed by atoms with Crippen LogP contribution in [-0.4, -0.2) is 18.2 Å². The molecule has 0 amide bonds. The summed E-state index contributed by atoms with van der Waals surface area (Å²) < 4.78 is 0. The first kappa shape index (κ1) is 12.9. The van der Waals surface area contributed by atoms with Crippen LogP contribution in [0.25, 0.3) is 0 Å². The molecule has 0 saturated heterocycles. The topological polar surface area (TPSA) is 47.3 Å². The van der Waals surface area contributed by atoms with Crippen LogP contribution >= 0.6 is 0 Å². The Kier molecular flexibility index (Phi) is 3.88. The van der Waals surface area contributed by atoms with Crippen LogP contribution < -0.4 is 4.90 Å². The number of nitriles is 1. The molecule has 0 aliphatic heterocycles. The summed E-state index contributed by atoms with van der Waals surface area (Å²) >= 11 is 0. The molecule has 3 heteroatoms. The highest BCUT2D eigenvalue weighted by molar-refractivity contribution is 5.58. The Hall–Kier alpha value is -1.53. The van der Waals surface area contributed by atoms with Crippen molar-refractivity contribution in [3.8, 4) is 6.07 Å². The van der Waals surface area contributed by atoms with Crippen molar-refractivity contribution < 1.29 is 5.11 Å². The van der Waals surface area contributed by atoms with E-state index in [1.54, 1.807) is 13.0 Å². The molecule has 1 atom stereocenters. The lowest BCUT2D eigenvalue weighted by Gasteiger charge is -2.27. The molecule has 1 aliphatic carbocycles. The zero-order valence-corrected chi connectivity index (χ0v) is 11.1. The molecule has 0 bridgehead atoms. The van der Waals surface area contributed by atoms with Crippen LogP contribution in [0.1, 0.15) is 43.9 Å². The molecule has 1 aliphatic rings. The lowest BCUT2D eigenvalue weighted by atomic mass is 10.0. The Morgan fingerprint density at radius 1 is 1.50 bits per heavy atom. The molecular weight excluding hydrogens is 224 g/mol. The number of benzene rings is 1. The number of hydrogen-bond acceptors (Lipinski definition) is 3. The first-order chi connectivity index (χ1) is 8.65. The minimum Gasteiger partial charge on any atom is -0.389 e. The quantitative estimate of drug-likeness (QED) is 0.866. The third kappa shape index (κ3) is 2.83. The third-order valence-electron chi connectivity index (χ3n) is 3.51. The number of rotatable bonds is 5. The van der Waals surface area contributed by atoms with E-state index in [1.165, 1.54) is 12.8 Å². The molecule has 3 nitrogen and oxygen atoms in total. The molecule has 0 radical (unpaired) electrons. The summed E-state index contributed by atoms with van der Waals surface area (Å²) in [4.78, 5) is 2.28. The Bertz CT molecular complexity index is 458. The van der Waals surface area contributed by atoms with E-state index in [0.717, 1.165) is 30.3 Å². The highest BCUT2D eigenvalue weighted by Gasteiger charge is 2.25. The summed E-state index contributed by atoms with van der Waals surface area (Å²) in [7, 11) is 0. The van der Waals surface area contributed by atoms with Gasteiger partial charge < -0.3 is 10.0 Å². The van der Waals surface area contributed by atoms with Crippen molar-refractivity contribution in [1.29, 1.82) is 5.26 Å². The zero-order chi connectivity index (χ0) is 13.1. The smallest absolute Gasteiger partial charge is 0.0992 e. The predicted octanol–water partition coefficient (Wildman–Crippen LogP) is 2.85. The van der Waals surface area contributed by atoms with Gasteiger partial charge in [-0.2, -0.15) is 5.26 Å². The average Bonchev–Trinajstić information content (AvgIpc) is 3.19. The summed E-state index contributed by atoms with van der Waals surface area (Å²) in [5, 5.41) is 18.9. The van der Waals surface area contributed by atoms with Crippen molar-refractivity contribution in [3.05, 3.63) is 29.3 Å². The Labute approximate surface area is 109 Å². The molecule has 0 heterocycles. The number of hydrogen-bond donors (Lipinski definition) is 1. The largest absolute Gasteiger partial charge is 0.389 e. The first-order valence-corrected chi connectivity index (χ1v) is 6.62. The van der Waals surface area contributed by atoms with Crippen LogP contribution in [0.2, 0.25) is 0 Å². The lowest BCUT2D eigenvalue weighted by molar-refractivity contribution is 0.199. The highest BCUT2D eigenvalue weighted by atomic mass is 16.3. The van der Waals surface area contributed by atoms with Crippen molar-refractivity contribution in [2.45, 2.75) is 32.8 Å². The van der Waals surface area contributed by atoms with E-state index >= 15 is 0 Å². The van der Waals surface area contributed by atoms with Gasteiger partial charge >= 0.3 is 0 Å². The molecule has 1 aromatic rings. The monoisotopic (exact) mass is 244 g/mol. The van der Waals surface area contributed by atoms with Crippen LogP contribution in [0.15, 0.2) is 18.2 Å². The van der Waals surface area contributed by atoms with Gasteiger partial charge in [0, 0.05) is 24.3 Å². The molecule has 18 heavy (non-hydrogen) atoms. The van der Waals surface area contributed by atoms with E-state index < -0.39 is 6.10 Å². The highest BCUT2D eigenvalue weighted by Crippen LogP contribution is 2.34. The molecule has 0 aromatic heterocycles. The number of nitrogens with zero attached hydrogens (tertiary/aromatic N) is 2. The first-order valence-electron chi connectivity index (χ1n) is 6.62. The summed E-state index contributed by atoms with van der Waals surface area (Å²) in [5.41, 5.74) is 2.58.